The molecule has 5 rings (SSSR count). The summed E-state index contributed by atoms with van der Waals surface area (Å²) in [6.45, 7) is 5.22. The van der Waals surface area contributed by atoms with E-state index in [1.165, 1.54) is 6.33 Å². The Morgan fingerprint density at radius 2 is 1.94 bits per heavy atom. The van der Waals surface area contributed by atoms with Gasteiger partial charge in [0.1, 0.15) is 23.6 Å². The third-order valence-electron chi connectivity index (χ3n) is 6.86. The van der Waals surface area contributed by atoms with Crippen LogP contribution in [-0.4, -0.2) is 67.0 Å². The Hall–Kier alpha value is -3.59. The lowest BCUT2D eigenvalue weighted by Crippen LogP contribution is -2.68. The van der Waals surface area contributed by atoms with E-state index in [9.17, 15) is 4.79 Å². The van der Waals surface area contributed by atoms with Crippen molar-refractivity contribution in [1.29, 1.82) is 0 Å². The van der Waals surface area contributed by atoms with Gasteiger partial charge in [-0.25, -0.2) is 14.8 Å². The standard InChI is InChI=1S/C24H27N5O4/c1-14-17(7-6-8-20(14)31-4)27-22-16-9-19(21(32-5)10-18(16)25-13-26-22)29-12-24(33-23(29)30)11-28(3)15(24)2/h6-10,13,15H,11-12H2,1-5H3,(H,25,26,27). The smallest absolute Gasteiger partial charge is 0.415 e. The van der Waals surface area contributed by atoms with Crippen molar-refractivity contribution in [2.45, 2.75) is 25.5 Å². The topological polar surface area (TPSA) is 89.1 Å². The first-order valence-electron chi connectivity index (χ1n) is 10.8. The Morgan fingerprint density at radius 3 is 2.64 bits per heavy atom. The second-order valence-corrected chi connectivity index (χ2v) is 8.63. The Balaban J connectivity index is 1.56. The molecule has 2 saturated heterocycles. The molecule has 0 aliphatic carbocycles. The highest BCUT2D eigenvalue weighted by atomic mass is 16.6. The molecule has 2 aliphatic heterocycles. The van der Waals surface area contributed by atoms with E-state index in [1.54, 1.807) is 19.1 Å². The number of hydrogen-bond acceptors (Lipinski definition) is 8. The molecule has 0 bridgehead atoms. The molecular weight excluding hydrogens is 422 g/mol. The van der Waals surface area contributed by atoms with Crippen LogP contribution in [0.4, 0.5) is 22.0 Å². The molecule has 2 fully saturated rings. The molecule has 33 heavy (non-hydrogen) atoms. The molecule has 9 nitrogen and oxygen atoms in total. The van der Waals surface area contributed by atoms with Crippen LogP contribution in [0.5, 0.6) is 11.5 Å². The predicted molar refractivity (Wildman–Crippen MR) is 126 cm³/mol. The zero-order chi connectivity index (χ0) is 23.3. The quantitative estimate of drug-likeness (QED) is 0.630. The summed E-state index contributed by atoms with van der Waals surface area (Å²) >= 11 is 0. The number of nitrogens with zero attached hydrogens (tertiary/aromatic N) is 4. The molecule has 1 aromatic heterocycles. The summed E-state index contributed by atoms with van der Waals surface area (Å²) in [5.41, 5.74) is 2.67. The van der Waals surface area contributed by atoms with Gasteiger partial charge in [0.15, 0.2) is 5.60 Å². The van der Waals surface area contributed by atoms with Gasteiger partial charge in [0, 0.05) is 35.3 Å². The van der Waals surface area contributed by atoms with Crippen LogP contribution < -0.4 is 19.7 Å². The van der Waals surface area contributed by atoms with Gasteiger partial charge in [-0.15, -0.1) is 0 Å². The van der Waals surface area contributed by atoms with Crippen molar-refractivity contribution < 1.29 is 19.0 Å². The van der Waals surface area contributed by atoms with Crippen LogP contribution in [0, 0.1) is 6.92 Å². The second kappa shape index (κ2) is 7.77. The maximum absolute atomic E-state index is 12.9. The van der Waals surface area contributed by atoms with Crippen molar-refractivity contribution in [3.8, 4) is 11.5 Å². The number of fused-ring (bicyclic) bond motifs is 1. The van der Waals surface area contributed by atoms with Crippen molar-refractivity contribution >= 4 is 34.2 Å². The normalized spacial score (nSPS) is 22.4. The highest BCUT2D eigenvalue weighted by Crippen LogP contribution is 2.43. The number of carbonyl (C=O) groups excluding carboxylic acids is 1. The molecule has 2 aliphatic rings. The van der Waals surface area contributed by atoms with E-state index in [0.29, 0.717) is 35.9 Å². The first kappa shape index (κ1) is 21.3. The average molecular weight is 450 g/mol. The van der Waals surface area contributed by atoms with Crippen LogP contribution in [-0.2, 0) is 4.74 Å². The largest absolute Gasteiger partial charge is 0.496 e. The molecule has 172 valence electrons. The van der Waals surface area contributed by atoms with Crippen LogP contribution in [0.3, 0.4) is 0 Å². The first-order chi connectivity index (χ1) is 15.9. The van der Waals surface area contributed by atoms with Crippen molar-refractivity contribution in [2.75, 3.05) is 44.6 Å². The van der Waals surface area contributed by atoms with Gasteiger partial charge in [0.2, 0.25) is 0 Å². The third-order valence-corrected chi connectivity index (χ3v) is 6.86. The average Bonchev–Trinajstić information content (AvgIpc) is 3.17. The summed E-state index contributed by atoms with van der Waals surface area (Å²) in [7, 11) is 5.26. The van der Waals surface area contributed by atoms with Crippen LogP contribution >= 0.6 is 0 Å². The Labute approximate surface area is 192 Å². The van der Waals surface area contributed by atoms with Gasteiger partial charge in [-0.05, 0) is 39.1 Å². The van der Waals surface area contributed by atoms with E-state index in [4.69, 9.17) is 14.2 Å². The fourth-order valence-corrected chi connectivity index (χ4v) is 4.70. The molecular formula is C24H27N5O4. The summed E-state index contributed by atoms with van der Waals surface area (Å²) in [6.07, 6.45) is 1.13. The van der Waals surface area contributed by atoms with E-state index in [2.05, 4.69) is 27.1 Å². The highest BCUT2D eigenvalue weighted by Gasteiger charge is 2.58. The fraction of sp³-hybridized carbons (Fsp3) is 0.375. The number of amides is 1. The van der Waals surface area contributed by atoms with Gasteiger partial charge < -0.3 is 19.5 Å². The number of aromatic nitrogens is 2. The van der Waals surface area contributed by atoms with Crippen LogP contribution in [0.15, 0.2) is 36.7 Å². The number of methoxy groups -OCH3 is 2. The van der Waals surface area contributed by atoms with Gasteiger partial charge in [-0.3, -0.25) is 9.80 Å². The SMILES string of the molecule is COc1cc2ncnc(Nc3cccc(OC)c3C)c2cc1N1CC2(CN(C)C2C)OC1=O. The van der Waals surface area contributed by atoms with Crippen LogP contribution in [0.1, 0.15) is 12.5 Å². The van der Waals surface area contributed by atoms with Gasteiger partial charge in [0.05, 0.1) is 32.0 Å². The number of likely N-dealkylation sites (tertiary alicyclic amines) is 1. The third kappa shape index (κ3) is 3.31. The van der Waals surface area contributed by atoms with Crippen molar-refractivity contribution in [1.82, 2.24) is 14.9 Å². The van der Waals surface area contributed by atoms with Gasteiger partial charge in [0.25, 0.3) is 0 Å². The molecule has 9 heteroatoms. The summed E-state index contributed by atoms with van der Waals surface area (Å²) in [4.78, 5) is 25.6. The molecule has 2 aromatic carbocycles. The van der Waals surface area contributed by atoms with Gasteiger partial charge in [-0.2, -0.15) is 0 Å². The minimum Gasteiger partial charge on any atom is -0.496 e. The number of anilines is 3. The Bertz CT molecular complexity index is 1250. The lowest BCUT2D eigenvalue weighted by molar-refractivity contribution is -0.108. The minimum absolute atomic E-state index is 0.148. The van der Waals surface area contributed by atoms with E-state index in [-0.39, 0.29) is 12.1 Å². The maximum atomic E-state index is 12.9. The van der Waals surface area contributed by atoms with Crippen molar-refractivity contribution in [3.63, 3.8) is 0 Å². The molecule has 0 saturated carbocycles. The van der Waals surface area contributed by atoms with E-state index < -0.39 is 5.60 Å². The monoisotopic (exact) mass is 449 g/mol. The zero-order valence-corrected chi connectivity index (χ0v) is 19.4. The summed E-state index contributed by atoms with van der Waals surface area (Å²) in [5, 5.41) is 4.16. The molecule has 2 atom stereocenters. The number of likely N-dealkylation sites (N-methyl/N-ethyl adjacent to an activating group) is 1. The molecule has 1 amide bonds. The number of rotatable bonds is 5. The maximum Gasteiger partial charge on any atom is 0.415 e. The molecule has 3 heterocycles. The Kier molecular flexibility index (Phi) is 5.01. The minimum atomic E-state index is -0.502. The van der Waals surface area contributed by atoms with Crippen LogP contribution in [0.2, 0.25) is 0 Å². The lowest BCUT2D eigenvalue weighted by atomic mass is 9.85. The number of carbonyl (C=O) groups is 1. The summed E-state index contributed by atoms with van der Waals surface area (Å²) in [5.74, 6) is 1.96. The Morgan fingerprint density at radius 1 is 1.15 bits per heavy atom. The molecule has 2 unspecified atom stereocenters. The molecule has 1 N–H and O–H groups in total. The number of hydrogen-bond donors (Lipinski definition) is 1. The van der Waals surface area contributed by atoms with E-state index >= 15 is 0 Å². The summed E-state index contributed by atoms with van der Waals surface area (Å²) in [6, 6.07) is 9.66. The second-order valence-electron chi connectivity index (χ2n) is 8.63. The zero-order valence-electron chi connectivity index (χ0n) is 19.4. The first-order valence-corrected chi connectivity index (χ1v) is 10.8. The molecule has 3 aromatic rings. The van der Waals surface area contributed by atoms with Crippen molar-refractivity contribution in [2.24, 2.45) is 0 Å². The van der Waals surface area contributed by atoms with E-state index in [0.717, 1.165) is 22.4 Å². The number of nitrogens with one attached hydrogen (secondary N) is 1. The van der Waals surface area contributed by atoms with Gasteiger partial charge >= 0.3 is 6.09 Å². The highest BCUT2D eigenvalue weighted by molar-refractivity contribution is 6.00. The predicted octanol–water partition coefficient (Wildman–Crippen LogP) is 3.73. The van der Waals surface area contributed by atoms with Crippen molar-refractivity contribution in [3.05, 3.63) is 42.2 Å². The number of benzene rings is 2. The molecule has 0 radical (unpaired) electrons. The van der Waals surface area contributed by atoms with E-state index in [1.807, 2.05) is 44.3 Å². The lowest BCUT2D eigenvalue weighted by Gasteiger charge is -2.50. The van der Waals surface area contributed by atoms with Gasteiger partial charge in [-0.1, -0.05) is 6.07 Å². The fourth-order valence-electron chi connectivity index (χ4n) is 4.70. The summed E-state index contributed by atoms with van der Waals surface area (Å²) < 4.78 is 16.9. The van der Waals surface area contributed by atoms with Crippen LogP contribution in [0.25, 0.3) is 10.9 Å². The number of ether oxygens (including phenoxy) is 3. The molecule has 1 spiro atoms.